The first-order chi connectivity index (χ1) is 10.2. The van der Waals surface area contributed by atoms with Crippen LogP contribution in [-0.2, 0) is 15.6 Å². The van der Waals surface area contributed by atoms with Gasteiger partial charge in [0.25, 0.3) is 0 Å². The maximum atomic E-state index is 12.0. The van der Waals surface area contributed by atoms with E-state index in [0.29, 0.717) is 31.2 Å². The van der Waals surface area contributed by atoms with Crippen LogP contribution in [-0.4, -0.2) is 46.2 Å². The highest BCUT2D eigenvalue weighted by Crippen LogP contribution is 2.24. The molecule has 1 aliphatic rings. The van der Waals surface area contributed by atoms with E-state index < -0.39 is 10.8 Å². The molecule has 1 heterocycles. The van der Waals surface area contributed by atoms with Gasteiger partial charge in [-0.1, -0.05) is 19.1 Å². The van der Waals surface area contributed by atoms with Crippen molar-refractivity contribution in [2.45, 2.75) is 20.0 Å². The first-order valence-corrected chi connectivity index (χ1v) is 8.75. The fourth-order valence-electron chi connectivity index (χ4n) is 2.35. The normalized spacial score (nSPS) is 19.8. The van der Waals surface area contributed by atoms with Crippen molar-refractivity contribution in [1.29, 1.82) is 0 Å². The van der Waals surface area contributed by atoms with E-state index in [-0.39, 0.29) is 12.1 Å². The molecule has 0 bridgehead atoms. The number of nitrogens with one attached hydrogen (secondary N) is 1. The molecular formula is C15H22N2O3S. The summed E-state index contributed by atoms with van der Waals surface area (Å²) in [5.74, 6) is 2.03. The molecule has 2 unspecified atom stereocenters. The molecule has 1 saturated heterocycles. The van der Waals surface area contributed by atoms with Crippen molar-refractivity contribution >= 4 is 16.7 Å². The standard InChI is InChI=1S/C15H22N2O3S/c1-3-20-13-7-5-12(6-8-13)15-16-11-14(18)17(15)9-10-21(19)4-2/h5-8,15-16H,3-4,9-11H2,1-2H3. The summed E-state index contributed by atoms with van der Waals surface area (Å²) in [6.45, 7) is 5.32. The van der Waals surface area contributed by atoms with Gasteiger partial charge in [-0.2, -0.15) is 0 Å². The lowest BCUT2D eigenvalue weighted by Crippen LogP contribution is -2.33. The molecule has 1 fully saturated rings. The molecule has 5 nitrogen and oxygen atoms in total. The number of nitrogens with zero attached hydrogens (tertiary/aromatic N) is 1. The van der Waals surface area contributed by atoms with Gasteiger partial charge in [0.05, 0.1) is 13.2 Å². The van der Waals surface area contributed by atoms with Crippen LogP contribution >= 0.6 is 0 Å². The van der Waals surface area contributed by atoms with E-state index in [9.17, 15) is 9.00 Å². The Hall–Kier alpha value is -1.40. The van der Waals surface area contributed by atoms with E-state index in [2.05, 4.69) is 5.32 Å². The van der Waals surface area contributed by atoms with E-state index in [4.69, 9.17) is 4.74 Å². The van der Waals surface area contributed by atoms with Crippen LogP contribution in [0.5, 0.6) is 5.75 Å². The number of hydrogen-bond acceptors (Lipinski definition) is 4. The lowest BCUT2D eigenvalue weighted by molar-refractivity contribution is -0.127. The van der Waals surface area contributed by atoms with Crippen molar-refractivity contribution in [2.24, 2.45) is 0 Å². The van der Waals surface area contributed by atoms with Crippen LogP contribution in [0.1, 0.15) is 25.6 Å². The van der Waals surface area contributed by atoms with E-state index >= 15 is 0 Å². The summed E-state index contributed by atoms with van der Waals surface area (Å²) in [4.78, 5) is 13.7. The molecule has 1 aliphatic heterocycles. The molecule has 0 aliphatic carbocycles. The van der Waals surface area contributed by atoms with Crippen molar-refractivity contribution in [3.8, 4) is 5.75 Å². The summed E-state index contributed by atoms with van der Waals surface area (Å²) in [6.07, 6.45) is -0.137. The van der Waals surface area contributed by atoms with Crippen molar-refractivity contribution in [3.63, 3.8) is 0 Å². The summed E-state index contributed by atoms with van der Waals surface area (Å²) < 4.78 is 17.0. The van der Waals surface area contributed by atoms with Gasteiger partial charge in [-0.15, -0.1) is 0 Å². The quantitative estimate of drug-likeness (QED) is 0.824. The Morgan fingerprint density at radius 2 is 2.05 bits per heavy atom. The van der Waals surface area contributed by atoms with E-state index in [1.807, 2.05) is 38.1 Å². The summed E-state index contributed by atoms with van der Waals surface area (Å²) in [7, 11) is -0.857. The lowest BCUT2D eigenvalue weighted by Gasteiger charge is -2.24. The van der Waals surface area contributed by atoms with Crippen molar-refractivity contribution in [2.75, 3.05) is 31.2 Å². The maximum Gasteiger partial charge on any atom is 0.238 e. The number of hydrogen-bond donors (Lipinski definition) is 1. The zero-order valence-electron chi connectivity index (χ0n) is 12.5. The number of benzene rings is 1. The summed E-state index contributed by atoms with van der Waals surface area (Å²) in [6, 6.07) is 7.74. The van der Waals surface area contributed by atoms with Crippen LogP contribution in [0, 0.1) is 0 Å². The number of carbonyl (C=O) groups excluding carboxylic acids is 1. The predicted octanol–water partition coefficient (Wildman–Crippen LogP) is 1.28. The third-order valence-electron chi connectivity index (χ3n) is 3.47. The van der Waals surface area contributed by atoms with Crippen molar-refractivity contribution in [3.05, 3.63) is 29.8 Å². The smallest absolute Gasteiger partial charge is 0.238 e. The number of ether oxygens (including phenoxy) is 1. The highest BCUT2D eigenvalue weighted by Gasteiger charge is 2.31. The molecule has 0 saturated carbocycles. The Kier molecular flexibility index (Phi) is 5.76. The van der Waals surface area contributed by atoms with Gasteiger partial charge >= 0.3 is 0 Å². The van der Waals surface area contributed by atoms with Gasteiger partial charge in [0.15, 0.2) is 0 Å². The average Bonchev–Trinajstić information content (AvgIpc) is 2.87. The van der Waals surface area contributed by atoms with Crippen molar-refractivity contribution in [1.82, 2.24) is 10.2 Å². The predicted molar refractivity (Wildman–Crippen MR) is 83.6 cm³/mol. The van der Waals surface area contributed by atoms with Gasteiger partial charge in [-0.25, -0.2) is 0 Å². The van der Waals surface area contributed by atoms with E-state index in [1.165, 1.54) is 0 Å². The molecule has 0 aromatic heterocycles. The monoisotopic (exact) mass is 310 g/mol. The Bertz CT molecular complexity index is 504. The second-order valence-electron chi connectivity index (χ2n) is 4.81. The Morgan fingerprint density at radius 3 is 2.67 bits per heavy atom. The van der Waals surface area contributed by atoms with Crippen LogP contribution < -0.4 is 10.1 Å². The van der Waals surface area contributed by atoms with Crippen LogP contribution in [0.15, 0.2) is 24.3 Å². The van der Waals surface area contributed by atoms with Gasteiger partial charge in [0.2, 0.25) is 5.91 Å². The summed E-state index contributed by atoms with van der Waals surface area (Å²) >= 11 is 0. The Morgan fingerprint density at radius 1 is 1.33 bits per heavy atom. The second kappa shape index (κ2) is 7.56. The molecule has 116 valence electrons. The molecule has 21 heavy (non-hydrogen) atoms. The zero-order chi connectivity index (χ0) is 15.2. The maximum absolute atomic E-state index is 12.0. The highest BCUT2D eigenvalue weighted by atomic mass is 32.2. The minimum absolute atomic E-state index is 0.0574. The highest BCUT2D eigenvalue weighted by molar-refractivity contribution is 7.84. The molecule has 1 amide bonds. The molecule has 1 N–H and O–H groups in total. The Balaban J connectivity index is 2.05. The van der Waals surface area contributed by atoms with Crippen LogP contribution in [0.3, 0.4) is 0 Å². The van der Waals surface area contributed by atoms with Gasteiger partial charge in [0, 0.05) is 28.9 Å². The van der Waals surface area contributed by atoms with Gasteiger partial charge in [0.1, 0.15) is 11.9 Å². The van der Waals surface area contributed by atoms with Crippen molar-refractivity contribution < 1.29 is 13.7 Å². The summed E-state index contributed by atoms with van der Waals surface area (Å²) in [5, 5.41) is 3.20. The fraction of sp³-hybridized carbons (Fsp3) is 0.533. The number of carbonyl (C=O) groups is 1. The largest absolute Gasteiger partial charge is 0.494 e. The number of amides is 1. The van der Waals surface area contributed by atoms with Crippen LogP contribution in [0.2, 0.25) is 0 Å². The van der Waals surface area contributed by atoms with Gasteiger partial charge in [-0.05, 0) is 24.6 Å². The third-order valence-corrected chi connectivity index (χ3v) is 4.75. The SMILES string of the molecule is CCOc1ccc(C2NCC(=O)N2CCS(=O)CC)cc1. The fourth-order valence-corrected chi connectivity index (χ4v) is 3.04. The zero-order valence-corrected chi connectivity index (χ0v) is 13.3. The van der Waals surface area contributed by atoms with Crippen LogP contribution in [0.25, 0.3) is 0 Å². The van der Waals surface area contributed by atoms with E-state index in [0.717, 1.165) is 11.3 Å². The first kappa shape index (κ1) is 16.0. The molecule has 1 aromatic carbocycles. The minimum atomic E-state index is -0.857. The van der Waals surface area contributed by atoms with Gasteiger partial charge in [-0.3, -0.25) is 14.3 Å². The molecular weight excluding hydrogens is 288 g/mol. The third kappa shape index (κ3) is 4.04. The van der Waals surface area contributed by atoms with E-state index in [1.54, 1.807) is 4.90 Å². The molecule has 0 radical (unpaired) electrons. The molecule has 6 heteroatoms. The number of rotatable bonds is 7. The lowest BCUT2D eigenvalue weighted by atomic mass is 10.1. The molecule has 1 aromatic rings. The minimum Gasteiger partial charge on any atom is -0.494 e. The molecule has 2 atom stereocenters. The Labute approximate surface area is 128 Å². The average molecular weight is 310 g/mol. The topological polar surface area (TPSA) is 58.6 Å². The molecule has 0 spiro atoms. The molecule has 2 rings (SSSR count). The van der Waals surface area contributed by atoms with Crippen LogP contribution in [0.4, 0.5) is 0 Å². The first-order valence-electron chi connectivity index (χ1n) is 7.26. The summed E-state index contributed by atoms with van der Waals surface area (Å²) in [5.41, 5.74) is 1.02. The van der Waals surface area contributed by atoms with Gasteiger partial charge < -0.3 is 9.64 Å². The second-order valence-corrected chi connectivity index (χ2v) is 6.67.